The highest BCUT2D eigenvalue weighted by Crippen LogP contribution is 2.43. The summed E-state index contributed by atoms with van der Waals surface area (Å²) in [7, 11) is 0. The van der Waals surface area contributed by atoms with Gasteiger partial charge < -0.3 is 0 Å². The molecule has 0 N–H and O–H groups in total. The lowest BCUT2D eigenvalue weighted by atomic mass is 10.2. The lowest BCUT2D eigenvalue weighted by Crippen LogP contribution is -2.39. The van der Waals surface area contributed by atoms with Crippen LogP contribution in [-0.2, 0) is 0 Å². The van der Waals surface area contributed by atoms with Gasteiger partial charge in [0.15, 0.2) is 0 Å². The van der Waals surface area contributed by atoms with E-state index in [9.17, 15) is 0 Å². The molecule has 4 aliphatic heterocycles. The first kappa shape index (κ1) is 26.6. The average molecular weight is 595 g/mol. The summed E-state index contributed by atoms with van der Waals surface area (Å²) in [5.41, 5.74) is 0. The SMILES string of the molecule is C(CSC1CSC1)SCC(CSC1CSC1)(CSC1CSC1)SCCSC1CSC1. The summed E-state index contributed by atoms with van der Waals surface area (Å²) in [5, 5.41) is 3.81. The van der Waals surface area contributed by atoms with E-state index in [1.807, 2.05) is 0 Å². The molecule has 174 valence electrons. The fourth-order valence-corrected chi connectivity index (χ4v) is 17.1. The van der Waals surface area contributed by atoms with E-state index in [0.29, 0.717) is 4.75 Å². The first-order valence-corrected chi connectivity index (χ1v) is 21.8. The Kier molecular flexibility index (Phi) is 13.2. The van der Waals surface area contributed by atoms with Crippen molar-refractivity contribution < 1.29 is 0 Å². The Morgan fingerprint density at radius 2 is 0.933 bits per heavy atom. The van der Waals surface area contributed by atoms with E-state index in [0.717, 1.165) is 21.0 Å². The van der Waals surface area contributed by atoms with E-state index < -0.39 is 0 Å². The zero-order chi connectivity index (χ0) is 20.5. The molecular formula is C20H34S10. The predicted octanol–water partition coefficient (Wildman–Crippen LogP) is 6.59. The van der Waals surface area contributed by atoms with Crippen molar-refractivity contribution in [3.8, 4) is 0 Å². The van der Waals surface area contributed by atoms with Crippen molar-refractivity contribution in [2.24, 2.45) is 0 Å². The Labute approximate surface area is 227 Å². The largest absolute Gasteiger partial charge is 0.160 e. The zero-order valence-electron chi connectivity index (χ0n) is 17.5. The smallest absolute Gasteiger partial charge is 0.0431 e. The van der Waals surface area contributed by atoms with Crippen LogP contribution in [0.5, 0.6) is 0 Å². The molecule has 4 heterocycles. The van der Waals surface area contributed by atoms with Crippen molar-refractivity contribution >= 4 is 118 Å². The quantitative estimate of drug-likeness (QED) is 0.168. The average Bonchev–Trinajstić information content (AvgIpc) is 2.58. The first-order valence-electron chi connectivity index (χ1n) is 10.8. The topological polar surface area (TPSA) is 0 Å². The van der Waals surface area contributed by atoms with Crippen LogP contribution in [0.4, 0.5) is 0 Å². The number of rotatable bonds is 17. The van der Waals surface area contributed by atoms with Gasteiger partial charge >= 0.3 is 0 Å². The van der Waals surface area contributed by atoms with Crippen LogP contribution < -0.4 is 0 Å². The van der Waals surface area contributed by atoms with E-state index in [1.54, 1.807) is 0 Å². The molecule has 30 heavy (non-hydrogen) atoms. The van der Waals surface area contributed by atoms with Gasteiger partial charge in [-0.1, -0.05) is 0 Å². The standard InChI is InChI=1S/C20H34S10/c1(2-26-16-5-22-6-16)21-13-20(14-28-18-9-24-10-18,15-29-19-11-25-12-19)30-4-3-27-17-7-23-8-17/h16-19H,1-15H2. The molecule has 0 atom stereocenters. The fraction of sp³-hybridized carbons (Fsp3) is 1.00. The molecule has 0 aromatic rings. The van der Waals surface area contributed by atoms with Gasteiger partial charge in [-0.3, -0.25) is 0 Å². The van der Waals surface area contributed by atoms with Crippen LogP contribution in [0.15, 0.2) is 0 Å². The van der Waals surface area contributed by atoms with Crippen molar-refractivity contribution in [1.29, 1.82) is 0 Å². The first-order chi connectivity index (χ1) is 14.8. The van der Waals surface area contributed by atoms with E-state index in [2.05, 4.69) is 118 Å². The predicted molar refractivity (Wildman–Crippen MR) is 167 cm³/mol. The lowest BCUT2D eigenvalue weighted by molar-refractivity contribution is 0.837. The molecule has 0 aromatic carbocycles. The van der Waals surface area contributed by atoms with Gasteiger partial charge in [0.2, 0.25) is 0 Å². The molecule has 0 aliphatic carbocycles. The Balaban J connectivity index is 1.24. The third-order valence-corrected chi connectivity index (χ3v) is 21.5. The van der Waals surface area contributed by atoms with Gasteiger partial charge in [0, 0.05) is 112 Å². The molecule has 0 radical (unpaired) electrons. The van der Waals surface area contributed by atoms with Crippen LogP contribution >= 0.6 is 118 Å². The summed E-state index contributed by atoms with van der Waals surface area (Å²) in [6.07, 6.45) is 0. The van der Waals surface area contributed by atoms with Crippen LogP contribution in [0.1, 0.15) is 0 Å². The highest BCUT2D eigenvalue weighted by atomic mass is 32.2. The van der Waals surface area contributed by atoms with Crippen LogP contribution in [0, 0.1) is 0 Å². The van der Waals surface area contributed by atoms with Crippen molar-refractivity contribution in [2.45, 2.75) is 25.7 Å². The Morgan fingerprint density at radius 1 is 0.500 bits per heavy atom. The summed E-state index contributed by atoms with van der Waals surface area (Å²) < 4.78 is 0.492. The van der Waals surface area contributed by atoms with Gasteiger partial charge in [-0.15, -0.1) is 0 Å². The third-order valence-electron chi connectivity index (χ3n) is 5.39. The highest BCUT2D eigenvalue weighted by Gasteiger charge is 2.35. The van der Waals surface area contributed by atoms with Gasteiger partial charge in [-0.05, 0) is 0 Å². The minimum absolute atomic E-state index is 0.492. The van der Waals surface area contributed by atoms with E-state index in [4.69, 9.17) is 0 Å². The summed E-state index contributed by atoms with van der Waals surface area (Å²) in [6, 6.07) is 0. The molecule has 4 rings (SSSR count). The normalized spacial score (nSPS) is 23.6. The summed E-state index contributed by atoms with van der Waals surface area (Å²) in [6.45, 7) is 0. The highest BCUT2D eigenvalue weighted by molar-refractivity contribution is 8.11. The number of hydrogen-bond acceptors (Lipinski definition) is 10. The Hall–Kier alpha value is 3.50. The molecule has 0 spiro atoms. The second kappa shape index (κ2) is 14.9. The second-order valence-corrected chi connectivity index (χ2v) is 20.4. The third kappa shape index (κ3) is 9.18. The maximum Gasteiger partial charge on any atom is 0.0431 e. The molecule has 0 unspecified atom stereocenters. The van der Waals surface area contributed by atoms with Crippen LogP contribution in [0.3, 0.4) is 0 Å². The van der Waals surface area contributed by atoms with Gasteiger partial charge in [0.1, 0.15) is 0 Å². The summed E-state index contributed by atoms with van der Waals surface area (Å²) in [5.74, 6) is 20.8. The van der Waals surface area contributed by atoms with Crippen molar-refractivity contribution in [3.63, 3.8) is 0 Å². The molecule has 0 saturated carbocycles. The van der Waals surface area contributed by atoms with Crippen LogP contribution in [0.2, 0.25) is 0 Å². The van der Waals surface area contributed by atoms with Gasteiger partial charge in [-0.2, -0.15) is 118 Å². The van der Waals surface area contributed by atoms with Crippen LogP contribution in [-0.4, -0.2) is 112 Å². The van der Waals surface area contributed by atoms with Gasteiger partial charge in [0.25, 0.3) is 0 Å². The van der Waals surface area contributed by atoms with Gasteiger partial charge in [0.05, 0.1) is 0 Å². The number of hydrogen-bond donors (Lipinski definition) is 0. The molecule has 4 saturated heterocycles. The molecule has 4 fully saturated rings. The maximum atomic E-state index is 2.36. The number of thioether (sulfide) groups is 10. The molecular weight excluding hydrogens is 561 g/mol. The maximum absolute atomic E-state index is 2.36. The minimum Gasteiger partial charge on any atom is -0.160 e. The van der Waals surface area contributed by atoms with Crippen LogP contribution in [0.25, 0.3) is 0 Å². The molecule has 0 aromatic heterocycles. The summed E-state index contributed by atoms with van der Waals surface area (Å²) >= 11 is 22.3. The summed E-state index contributed by atoms with van der Waals surface area (Å²) in [4.78, 5) is 0. The van der Waals surface area contributed by atoms with E-state index >= 15 is 0 Å². The van der Waals surface area contributed by atoms with Gasteiger partial charge in [-0.25, -0.2) is 0 Å². The van der Waals surface area contributed by atoms with E-state index in [-0.39, 0.29) is 0 Å². The van der Waals surface area contributed by atoms with Crippen molar-refractivity contribution in [2.75, 3.05) is 86.3 Å². The molecule has 4 aliphatic rings. The Morgan fingerprint density at radius 3 is 1.37 bits per heavy atom. The fourth-order valence-electron chi connectivity index (χ4n) is 3.04. The molecule has 0 bridgehead atoms. The van der Waals surface area contributed by atoms with E-state index in [1.165, 1.54) is 86.3 Å². The van der Waals surface area contributed by atoms with Crippen molar-refractivity contribution in [1.82, 2.24) is 0 Å². The molecule has 10 heteroatoms. The minimum atomic E-state index is 0.492. The van der Waals surface area contributed by atoms with Crippen molar-refractivity contribution in [3.05, 3.63) is 0 Å². The second-order valence-electron chi connectivity index (χ2n) is 8.09. The zero-order valence-corrected chi connectivity index (χ0v) is 25.7. The molecule has 0 nitrogen and oxygen atoms in total. The Bertz CT molecular complexity index is 458. The monoisotopic (exact) mass is 594 g/mol. The molecule has 0 amide bonds. The lowest BCUT2D eigenvalue weighted by Gasteiger charge is -2.38.